The first-order valence-electron chi connectivity index (χ1n) is 9.60. The molecule has 0 fully saturated rings. The topological polar surface area (TPSA) is 83.2 Å². The molecule has 0 bridgehead atoms. The Morgan fingerprint density at radius 3 is 2.53 bits per heavy atom. The van der Waals surface area contributed by atoms with Gasteiger partial charge in [0.1, 0.15) is 12.4 Å². The zero-order valence-electron chi connectivity index (χ0n) is 16.2. The molecule has 150 valence electrons. The van der Waals surface area contributed by atoms with Gasteiger partial charge in [-0.3, -0.25) is 20.4 Å². The molecule has 0 atom stereocenters. The molecule has 0 saturated carbocycles. The van der Waals surface area contributed by atoms with Crippen molar-refractivity contribution in [2.75, 3.05) is 0 Å². The molecule has 4 rings (SSSR count). The van der Waals surface area contributed by atoms with E-state index in [4.69, 9.17) is 4.74 Å². The highest BCUT2D eigenvalue weighted by Gasteiger charge is 2.11. The molecule has 3 aromatic carbocycles. The molecule has 30 heavy (non-hydrogen) atoms. The zero-order valence-corrected chi connectivity index (χ0v) is 16.2. The monoisotopic (exact) mass is 399 g/mol. The maximum absolute atomic E-state index is 12.4. The SMILES string of the molecule is O=C(Cc1c[nH]c2ccccc12)NNC(=O)c1cccc(OCc2ccccc2)c1. The fourth-order valence-electron chi connectivity index (χ4n) is 3.16. The fourth-order valence-corrected chi connectivity index (χ4v) is 3.16. The van der Waals surface area contributed by atoms with Crippen molar-refractivity contribution in [2.45, 2.75) is 13.0 Å². The van der Waals surface area contributed by atoms with Crippen LogP contribution in [-0.2, 0) is 17.8 Å². The predicted octanol–water partition coefficient (Wildman–Crippen LogP) is 3.75. The third kappa shape index (κ3) is 4.67. The molecule has 2 amide bonds. The van der Waals surface area contributed by atoms with Crippen LogP contribution in [0.15, 0.2) is 85.1 Å². The molecule has 0 aliphatic rings. The Hall–Kier alpha value is -4.06. The number of nitrogens with one attached hydrogen (secondary N) is 3. The van der Waals surface area contributed by atoms with E-state index in [-0.39, 0.29) is 12.3 Å². The van der Waals surface area contributed by atoms with Crippen LogP contribution in [0.5, 0.6) is 5.75 Å². The summed E-state index contributed by atoms with van der Waals surface area (Å²) >= 11 is 0. The lowest BCUT2D eigenvalue weighted by Gasteiger charge is -2.10. The molecule has 3 N–H and O–H groups in total. The highest BCUT2D eigenvalue weighted by Crippen LogP contribution is 2.18. The second-order valence-corrected chi connectivity index (χ2v) is 6.84. The molecule has 6 heteroatoms. The molecule has 0 unspecified atom stereocenters. The Balaban J connectivity index is 1.32. The van der Waals surface area contributed by atoms with Gasteiger partial charge in [-0.25, -0.2) is 0 Å². The van der Waals surface area contributed by atoms with Crippen LogP contribution < -0.4 is 15.6 Å². The third-order valence-electron chi connectivity index (χ3n) is 4.69. The Bertz CT molecular complexity index is 1170. The number of hydrogen-bond donors (Lipinski definition) is 3. The van der Waals surface area contributed by atoms with Crippen molar-refractivity contribution < 1.29 is 14.3 Å². The van der Waals surface area contributed by atoms with E-state index in [2.05, 4.69) is 15.8 Å². The first-order chi connectivity index (χ1) is 14.7. The van der Waals surface area contributed by atoms with Crippen molar-refractivity contribution in [3.63, 3.8) is 0 Å². The highest BCUT2D eigenvalue weighted by molar-refractivity contribution is 5.96. The van der Waals surface area contributed by atoms with Gasteiger partial charge < -0.3 is 9.72 Å². The molecule has 0 spiro atoms. The van der Waals surface area contributed by atoms with E-state index in [1.54, 1.807) is 30.5 Å². The van der Waals surface area contributed by atoms with E-state index in [0.29, 0.717) is 17.9 Å². The summed E-state index contributed by atoms with van der Waals surface area (Å²) in [5.74, 6) is -0.131. The molecule has 0 aliphatic carbocycles. The zero-order chi connectivity index (χ0) is 20.8. The lowest BCUT2D eigenvalue weighted by Crippen LogP contribution is -2.42. The fraction of sp³-hybridized carbons (Fsp3) is 0.0833. The van der Waals surface area contributed by atoms with E-state index in [1.807, 2.05) is 54.6 Å². The van der Waals surface area contributed by atoms with Gasteiger partial charge in [-0.05, 0) is 35.4 Å². The van der Waals surface area contributed by atoms with E-state index in [9.17, 15) is 9.59 Å². The minimum atomic E-state index is -0.410. The van der Waals surface area contributed by atoms with Crippen LogP contribution in [-0.4, -0.2) is 16.8 Å². The van der Waals surface area contributed by atoms with Crippen molar-refractivity contribution in [3.8, 4) is 5.75 Å². The summed E-state index contributed by atoms with van der Waals surface area (Å²) in [4.78, 5) is 27.8. The van der Waals surface area contributed by atoms with Crippen molar-refractivity contribution in [3.05, 3.63) is 102 Å². The molecular weight excluding hydrogens is 378 g/mol. The van der Waals surface area contributed by atoms with Gasteiger partial charge in [0.05, 0.1) is 6.42 Å². The van der Waals surface area contributed by atoms with Crippen LogP contribution >= 0.6 is 0 Å². The standard InChI is InChI=1S/C24H21N3O3/c28-23(14-19-15-25-22-12-5-4-11-21(19)22)26-27-24(29)18-9-6-10-20(13-18)30-16-17-7-2-1-3-8-17/h1-13,15,25H,14,16H2,(H,26,28)(H,27,29). The third-order valence-corrected chi connectivity index (χ3v) is 4.69. The Morgan fingerprint density at radius 1 is 0.867 bits per heavy atom. The predicted molar refractivity (Wildman–Crippen MR) is 115 cm³/mol. The molecule has 0 aliphatic heterocycles. The van der Waals surface area contributed by atoms with Crippen LogP contribution in [0.2, 0.25) is 0 Å². The average Bonchev–Trinajstić information content (AvgIpc) is 3.20. The number of hydrogen-bond acceptors (Lipinski definition) is 3. The van der Waals surface area contributed by atoms with Crippen LogP contribution in [0.1, 0.15) is 21.5 Å². The number of aromatic nitrogens is 1. The van der Waals surface area contributed by atoms with Crippen molar-refractivity contribution in [1.29, 1.82) is 0 Å². The quantitative estimate of drug-likeness (QED) is 0.432. The van der Waals surface area contributed by atoms with Gasteiger partial charge in [0, 0.05) is 22.7 Å². The number of ether oxygens (including phenoxy) is 1. The first-order valence-corrected chi connectivity index (χ1v) is 9.60. The van der Waals surface area contributed by atoms with E-state index in [1.165, 1.54) is 0 Å². The van der Waals surface area contributed by atoms with Crippen LogP contribution in [0.3, 0.4) is 0 Å². The number of benzene rings is 3. The van der Waals surface area contributed by atoms with Crippen molar-refractivity contribution in [2.24, 2.45) is 0 Å². The molecule has 0 saturated heterocycles. The lowest BCUT2D eigenvalue weighted by molar-refractivity contribution is -0.121. The molecular formula is C24H21N3O3. The van der Waals surface area contributed by atoms with E-state index in [0.717, 1.165) is 22.0 Å². The molecule has 1 aromatic heterocycles. The largest absolute Gasteiger partial charge is 0.489 e. The van der Waals surface area contributed by atoms with Crippen LogP contribution in [0, 0.1) is 0 Å². The minimum Gasteiger partial charge on any atom is -0.489 e. The van der Waals surface area contributed by atoms with Gasteiger partial charge >= 0.3 is 0 Å². The van der Waals surface area contributed by atoms with Gasteiger partial charge in [-0.1, -0.05) is 54.6 Å². The molecule has 4 aromatic rings. The Morgan fingerprint density at radius 2 is 1.67 bits per heavy atom. The highest BCUT2D eigenvalue weighted by atomic mass is 16.5. The second kappa shape index (κ2) is 8.96. The smallest absolute Gasteiger partial charge is 0.269 e. The number of aromatic amines is 1. The number of carbonyl (C=O) groups excluding carboxylic acids is 2. The summed E-state index contributed by atoms with van der Waals surface area (Å²) in [6.07, 6.45) is 1.96. The second-order valence-electron chi connectivity index (χ2n) is 6.84. The number of para-hydroxylation sites is 1. The normalized spacial score (nSPS) is 10.5. The maximum Gasteiger partial charge on any atom is 0.269 e. The lowest BCUT2D eigenvalue weighted by atomic mass is 10.1. The van der Waals surface area contributed by atoms with Gasteiger partial charge in [-0.15, -0.1) is 0 Å². The summed E-state index contributed by atoms with van der Waals surface area (Å²) in [6.45, 7) is 0.410. The number of amides is 2. The maximum atomic E-state index is 12.4. The summed E-state index contributed by atoms with van der Waals surface area (Å²) < 4.78 is 5.75. The van der Waals surface area contributed by atoms with Gasteiger partial charge in [0.25, 0.3) is 5.91 Å². The Kier molecular flexibility index (Phi) is 5.75. The van der Waals surface area contributed by atoms with Crippen LogP contribution in [0.4, 0.5) is 0 Å². The number of carbonyl (C=O) groups is 2. The molecule has 0 radical (unpaired) electrons. The summed E-state index contributed by atoms with van der Waals surface area (Å²) in [5, 5.41) is 0.988. The van der Waals surface area contributed by atoms with E-state index < -0.39 is 5.91 Å². The summed E-state index contributed by atoms with van der Waals surface area (Å²) in [6, 6.07) is 24.4. The Labute approximate surface area is 173 Å². The summed E-state index contributed by atoms with van der Waals surface area (Å²) in [5.41, 5.74) is 8.20. The van der Waals surface area contributed by atoms with Gasteiger partial charge in [0.15, 0.2) is 0 Å². The first kappa shape index (κ1) is 19.3. The van der Waals surface area contributed by atoms with Crippen molar-refractivity contribution in [1.82, 2.24) is 15.8 Å². The van der Waals surface area contributed by atoms with Gasteiger partial charge in [0.2, 0.25) is 5.91 Å². The van der Waals surface area contributed by atoms with Crippen LogP contribution in [0.25, 0.3) is 10.9 Å². The summed E-state index contributed by atoms with van der Waals surface area (Å²) in [7, 11) is 0. The van der Waals surface area contributed by atoms with Crippen molar-refractivity contribution >= 4 is 22.7 Å². The van der Waals surface area contributed by atoms with Gasteiger partial charge in [-0.2, -0.15) is 0 Å². The van der Waals surface area contributed by atoms with E-state index >= 15 is 0 Å². The molecule has 1 heterocycles. The average molecular weight is 399 g/mol. The number of fused-ring (bicyclic) bond motifs is 1. The minimum absolute atomic E-state index is 0.157. The molecule has 6 nitrogen and oxygen atoms in total. The number of H-pyrrole nitrogens is 1. The number of rotatable bonds is 6. The number of hydrazine groups is 1.